The maximum Gasteiger partial charge on any atom is 0.164 e. The monoisotopic (exact) mass is 513 g/mol. The Hall–Kier alpha value is -3.58. The van der Waals surface area contributed by atoms with Crippen LogP contribution >= 0.6 is 0 Å². The molecule has 2 aromatic heterocycles. The molecule has 38 heavy (non-hydrogen) atoms. The third-order valence-electron chi connectivity index (χ3n) is 7.73. The summed E-state index contributed by atoms with van der Waals surface area (Å²) in [4.78, 5) is 2.36. The molecular weight excluding hydrogens is 478 g/mol. The van der Waals surface area contributed by atoms with Gasteiger partial charge in [0.1, 0.15) is 29.1 Å². The van der Waals surface area contributed by atoms with Crippen LogP contribution in [0.3, 0.4) is 0 Å². The molecule has 1 atom stereocenters. The highest BCUT2D eigenvalue weighted by atomic mass is 16.5. The molecule has 0 amide bonds. The highest BCUT2D eigenvalue weighted by molar-refractivity contribution is 5.42. The van der Waals surface area contributed by atoms with Crippen LogP contribution in [0.5, 0.6) is 11.5 Å². The molecule has 1 aliphatic carbocycles. The Kier molecular flexibility index (Phi) is 6.94. The van der Waals surface area contributed by atoms with Crippen LogP contribution in [0.2, 0.25) is 0 Å². The molecule has 0 N–H and O–H groups in total. The second-order valence-corrected chi connectivity index (χ2v) is 10.6. The minimum absolute atomic E-state index is 0.0903. The second-order valence-electron chi connectivity index (χ2n) is 10.6. The van der Waals surface area contributed by atoms with E-state index in [9.17, 15) is 0 Å². The molecule has 0 bridgehead atoms. The van der Waals surface area contributed by atoms with Gasteiger partial charge in [-0.2, -0.15) is 0 Å². The zero-order chi connectivity index (χ0) is 26.0. The highest BCUT2D eigenvalue weighted by Gasteiger charge is 2.41. The van der Waals surface area contributed by atoms with Gasteiger partial charge in [0.15, 0.2) is 5.72 Å². The smallest absolute Gasteiger partial charge is 0.164 e. The van der Waals surface area contributed by atoms with Crippen molar-refractivity contribution in [3.8, 4) is 11.5 Å². The summed E-state index contributed by atoms with van der Waals surface area (Å²) in [6.45, 7) is 5.06. The normalized spacial score (nSPS) is 18.7. The largest absolute Gasteiger partial charge is 0.485 e. The van der Waals surface area contributed by atoms with Crippen molar-refractivity contribution in [2.24, 2.45) is 0 Å². The van der Waals surface area contributed by atoms with Crippen LogP contribution in [0.4, 0.5) is 0 Å². The Balaban J connectivity index is 1.27. The third-order valence-corrected chi connectivity index (χ3v) is 7.73. The van der Waals surface area contributed by atoms with E-state index in [2.05, 4.69) is 57.7 Å². The molecule has 7 heteroatoms. The van der Waals surface area contributed by atoms with Crippen LogP contribution in [0, 0.1) is 13.8 Å². The fourth-order valence-corrected chi connectivity index (χ4v) is 5.86. The summed E-state index contributed by atoms with van der Waals surface area (Å²) < 4.78 is 24.2. The molecule has 0 spiro atoms. The van der Waals surface area contributed by atoms with Gasteiger partial charge >= 0.3 is 0 Å². The molecule has 1 fully saturated rings. The molecule has 3 heterocycles. The van der Waals surface area contributed by atoms with Crippen molar-refractivity contribution in [3.05, 3.63) is 94.7 Å². The van der Waals surface area contributed by atoms with Crippen LogP contribution in [0.15, 0.2) is 69.7 Å². The zero-order valence-electron chi connectivity index (χ0n) is 22.2. The van der Waals surface area contributed by atoms with Gasteiger partial charge in [0.2, 0.25) is 0 Å². The Morgan fingerprint density at radius 3 is 2.18 bits per heavy atom. The molecule has 2 aliphatic rings. The number of hydrogen-bond donors (Lipinski definition) is 0. The van der Waals surface area contributed by atoms with Crippen LogP contribution in [0.25, 0.3) is 0 Å². The van der Waals surface area contributed by atoms with E-state index in [-0.39, 0.29) is 6.10 Å². The van der Waals surface area contributed by atoms with Crippen LogP contribution < -0.4 is 9.47 Å². The molecule has 4 aromatic rings. The molecule has 6 rings (SSSR count). The predicted molar refractivity (Wildman–Crippen MR) is 143 cm³/mol. The van der Waals surface area contributed by atoms with Crippen LogP contribution in [-0.4, -0.2) is 20.9 Å². The van der Waals surface area contributed by atoms with E-state index in [1.807, 2.05) is 32.0 Å². The number of hydrogen-bond acceptors (Lipinski definition) is 7. The molecule has 0 saturated heterocycles. The lowest BCUT2D eigenvalue weighted by atomic mass is 9.89. The number of nitrogens with zero attached hydrogens (tertiary/aromatic N) is 3. The lowest BCUT2D eigenvalue weighted by molar-refractivity contribution is -0.122. The summed E-state index contributed by atoms with van der Waals surface area (Å²) in [5.74, 6) is 3.44. The maximum absolute atomic E-state index is 6.99. The van der Waals surface area contributed by atoms with Gasteiger partial charge in [0, 0.05) is 38.1 Å². The lowest BCUT2D eigenvalue weighted by Crippen LogP contribution is -2.53. The summed E-state index contributed by atoms with van der Waals surface area (Å²) >= 11 is 0. The molecule has 1 unspecified atom stereocenters. The minimum Gasteiger partial charge on any atom is -0.485 e. The van der Waals surface area contributed by atoms with Gasteiger partial charge in [0.25, 0.3) is 0 Å². The van der Waals surface area contributed by atoms with Crippen molar-refractivity contribution in [1.29, 1.82) is 0 Å². The first-order valence-corrected chi connectivity index (χ1v) is 13.7. The molecule has 0 radical (unpaired) electrons. The number of rotatable bonds is 8. The van der Waals surface area contributed by atoms with Crippen molar-refractivity contribution in [3.63, 3.8) is 0 Å². The van der Waals surface area contributed by atoms with E-state index >= 15 is 0 Å². The van der Waals surface area contributed by atoms with Gasteiger partial charge in [-0.3, -0.25) is 4.90 Å². The van der Waals surface area contributed by atoms with Gasteiger partial charge in [0.05, 0.1) is 11.4 Å². The summed E-state index contributed by atoms with van der Waals surface area (Å²) in [6, 6.07) is 20.8. The number of aryl methyl sites for hydroxylation is 3. The SMILES string of the molecule is Cc1cc(CN(Cc2cc(C)on2)C2(Oc3ccc4c(c3)CCC(c3ccccc3)O4)CCCCC2)no1. The highest BCUT2D eigenvalue weighted by Crippen LogP contribution is 2.41. The van der Waals surface area contributed by atoms with E-state index in [4.69, 9.17) is 18.5 Å². The number of benzene rings is 2. The zero-order valence-corrected chi connectivity index (χ0v) is 22.2. The van der Waals surface area contributed by atoms with Gasteiger partial charge in [-0.05, 0) is 68.9 Å². The number of fused-ring (bicyclic) bond motifs is 1. The molecule has 7 nitrogen and oxygen atoms in total. The van der Waals surface area contributed by atoms with Crippen molar-refractivity contribution >= 4 is 0 Å². The van der Waals surface area contributed by atoms with E-state index in [1.165, 1.54) is 17.5 Å². The maximum atomic E-state index is 6.99. The summed E-state index contributed by atoms with van der Waals surface area (Å²) in [5.41, 5.74) is 3.73. The molecule has 198 valence electrons. The first kappa shape index (κ1) is 24.7. The molecule has 2 aromatic carbocycles. The van der Waals surface area contributed by atoms with Crippen molar-refractivity contribution < 1.29 is 18.5 Å². The van der Waals surface area contributed by atoms with Crippen molar-refractivity contribution in [2.45, 2.75) is 83.7 Å². The first-order chi connectivity index (χ1) is 18.6. The fraction of sp³-hybridized carbons (Fsp3) is 0.419. The van der Waals surface area contributed by atoms with E-state index in [1.54, 1.807) is 0 Å². The minimum atomic E-state index is -0.478. The van der Waals surface area contributed by atoms with Crippen molar-refractivity contribution in [2.75, 3.05) is 0 Å². The van der Waals surface area contributed by atoms with E-state index in [0.29, 0.717) is 13.1 Å². The predicted octanol–water partition coefficient (Wildman–Crippen LogP) is 7.09. The van der Waals surface area contributed by atoms with Gasteiger partial charge in [-0.25, -0.2) is 0 Å². The van der Waals surface area contributed by atoms with E-state index in [0.717, 1.165) is 72.9 Å². The topological polar surface area (TPSA) is 73.8 Å². The standard InChI is InChI=1S/C31H35N3O4/c1-22-17-26(32-37-22)20-34(21-27-18-23(2)38-33-27)31(15-7-4-8-16-31)36-28-12-14-30-25(19-28)11-13-29(35-30)24-9-5-3-6-10-24/h3,5-6,9-10,12,14,17-19,29H,4,7-8,11,13,15-16,20-21H2,1-2H3. The molecular formula is C31H35N3O4. The number of aromatic nitrogens is 2. The van der Waals surface area contributed by atoms with Gasteiger partial charge < -0.3 is 18.5 Å². The Morgan fingerprint density at radius 2 is 1.55 bits per heavy atom. The molecule has 1 aliphatic heterocycles. The van der Waals surface area contributed by atoms with Crippen molar-refractivity contribution in [1.82, 2.24) is 15.2 Å². The summed E-state index contributed by atoms with van der Waals surface area (Å²) in [6.07, 6.45) is 7.30. The average Bonchev–Trinajstić information content (AvgIpc) is 3.56. The number of ether oxygens (including phenoxy) is 2. The summed E-state index contributed by atoms with van der Waals surface area (Å²) in [5, 5.41) is 8.59. The van der Waals surface area contributed by atoms with Gasteiger partial charge in [-0.15, -0.1) is 0 Å². The summed E-state index contributed by atoms with van der Waals surface area (Å²) in [7, 11) is 0. The Bertz CT molecular complexity index is 1310. The Morgan fingerprint density at radius 1 is 0.868 bits per heavy atom. The fourth-order valence-electron chi connectivity index (χ4n) is 5.86. The van der Waals surface area contributed by atoms with Gasteiger partial charge in [-0.1, -0.05) is 47.1 Å². The van der Waals surface area contributed by atoms with E-state index < -0.39 is 5.72 Å². The second kappa shape index (κ2) is 10.7. The quantitative estimate of drug-likeness (QED) is 0.233. The molecule has 1 saturated carbocycles. The average molecular weight is 514 g/mol. The first-order valence-electron chi connectivity index (χ1n) is 13.7. The third kappa shape index (κ3) is 5.34. The lowest BCUT2D eigenvalue weighted by Gasteiger charge is -2.45. The van der Waals surface area contributed by atoms with Crippen LogP contribution in [-0.2, 0) is 19.5 Å². The Labute approximate surface area is 223 Å². The van der Waals surface area contributed by atoms with Crippen LogP contribution in [0.1, 0.15) is 78.7 Å².